The van der Waals surface area contributed by atoms with Crippen molar-refractivity contribution in [3.05, 3.63) is 23.5 Å². The topological polar surface area (TPSA) is 61.5 Å². The lowest BCUT2D eigenvalue weighted by molar-refractivity contribution is -0.142. The van der Waals surface area contributed by atoms with Gasteiger partial charge in [0.05, 0.1) is 18.7 Å². The lowest BCUT2D eigenvalue weighted by Gasteiger charge is -2.13. The molecule has 0 aliphatic carbocycles. The summed E-state index contributed by atoms with van der Waals surface area (Å²) in [5.41, 5.74) is 5.00. The second-order valence-corrected chi connectivity index (χ2v) is 3.34. The minimum atomic E-state index is -3.11. The van der Waals surface area contributed by atoms with Gasteiger partial charge in [0, 0.05) is 11.6 Å². The normalized spacial score (nSPS) is 10.5. The Morgan fingerprint density at radius 3 is 2.67 bits per heavy atom. The van der Waals surface area contributed by atoms with Crippen molar-refractivity contribution >= 4 is 11.7 Å². The third-order valence-electron chi connectivity index (χ3n) is 2.01. The number of halogens is 3. The van der Waals surface area contributed by atoms with Crippen LogP contribution in [0.3, 0.4) is 0 Å². The molecule has 0 amide bonds. The number of ether oxygens (including phenoxy) is 2. The third-order valence-corrected chi connectivity index (χ3v) is 2.01. The van der Waals surface area contributed by atoms with Crippen molar-refractivity contribution in [2.24, 2.45) is 0 Å². The lowest BCUT2D eigenvalue weighted by atomic mass is 10.1. The van der Waals surface area contributed by atoms with Crippen molar-refractivity contribution in [2.45, 2.75) is 20.0 Å². The Labute approximate surface area is 101 Å². The molecule has 0 bridgehead atoms. The number of alkyl halides is 2. The molecule has 0 fully saturated rings. The molecule has 0 aliphatic rings. The molecule has 0 atom stereocenters. The van der Waals surface area contributed by atoms with Gasteiger partial charge in [0.25, 0.3) is 0 Å². The highest BCUT2D eigenvalue weighted by atomic mass is 19.3. The van der Waals surface area contributed by atoms with E-state index in [2.05, 4.69) is 9.47 Å². The van der Waals surface area contributed by atoms with Crippen LogP contribution in [0.2, 0.25) is 0 Å². The van der Waals surface area contributed by atoms with E-state index in [1.165, 1.54) is 0 Å². The highest BCUT2D eigenvalue weighted by molar-refractivity contribution is 5.75. The number of benzene rings is 1. The number of rotatable bonds is 5. The summed E-state index contributed by atoms with van der Waals surface area (Å²) in [6.07, 6.45) is -0.391. The molecule has 1 rings (SSSR count). The standard InChI is InChI=1S/C11H12F3NO3/c1-2-17-9(16)4-6-3-7(12)5-8(15)10(6)18-11(13)14/h3,5,11H,2,4,15H2,1H3. The molecule has 100 valence electrons. The summed E-state index contributed by atoms with van der Waals surface area (Å²) in [6, 6.07) is 1.75. The van der Waals surface area contributed by atoms with Gasteiger partial charge in [0.2, 0.25) is 0 Å². The zero-order chi connectivity index (χ0) is 13.7. The summed E-state index contributed by atoms with van der Waals surface area (Å²) in [7, 11) is 0. The quantitative estimate of drug-likeness (QED) is 0.653. The Morgan fingerprint density at radius 2 is 2.11 bits per heavy atom. The molecular weight excluding hydrogens is 251 g/mol. The summed E-state index contributed by atoms with van der Waals surface area (Å²) in [5, 5.41) is 0. The average Bonchev–Trinajstić information content (AvgIpc) is 2.23. The first kappa shape index (κ1) is 14.1. The van der Waals surface area contributed by atoms with Crippen LogP contribution in [0, 0.1) is 5.82 Å². The van der Waals surface area contributed by atoms with E-state index in [1.807, 2.05) is 0 Å². The summed E-state index contributed by atoms with van der Waals surface area (Å²) in [6.45, 7) is -1.39. The van der Waals surface area contributed by atoms with Gasteiger partial charge in [-0.3, -0.25) is 4.79 Å². The van der Waals surface area contributed by atoms with Crippen molar-refractivity contribution in [3.63, 3.8) is 0 Å². The number of hydrogen-bond acceptors (Lipinski definition) is 4. The van der Waals surface area contributed by atoms with Crippen molar-refractivity contribution in [3.8, 4) is 5.75 Å². The number of hydrogen-bond donors (Lipinski definition) is 1. The van der Waals surface area contributed by atoms with E-state index in [-0.39, 0.29) is 17.9 Å². The highest BCUT2D eigenvalue weighted by Gasteiger charge is 2.17. The van der Waals surface area contributed by atoms with E-state index in [1.54, 1.807) is 6.92 Å². The number of carbonyl (C=O) groups excluding carboxylic acids is 1. The number of carbonyl (C=O) groups is 1. The SMILES string of the molecule is CCOC(=O)Cc1cc(F)cc(N)c1OC(F)F. The van der Waals surface area contributed by atoms with Crippen LogP contribution in [0.5, 0.6) is 5.75 Å². The fourth-order valence-electron chi connectivity index (χ4n) is 1.40. The predicted molar refractivity (Wildman–Crippen MR) is 57.8 cm³/mol. The van der Waals surface area contributed by atoms with Gasteiger partial charge in [-0.15, -0.1) is 0 Å². The summed E-state index contributed by atoms with van der Waals surface area (Å²) < 4.78 is 46.3. The van der Waals surface area contributed by atoms with Crippen LogP contribution in [0.1, 0.15) is 12.5 Å². The van der Waals surface area contributed by atoms with Gasteiger partial charge in [0.15, 0.2) is 5.75 Å². The first-order valence-corrected chi connectivity index (χ1v) is 5.12. The molecule has 0 aromatic heterocycles. The van der Waals surface area contributed by atoms with Crippen LogP contribution in [0.25, 0.3) is 0 Å². The van der Waals surface area contributed by atoms with Crippen LogP contribution >= 0.6 is 0 Å². The van der Waals surface area contributed by atoms with Crippen molar-refractivity contribution < 1.29 is 27.4 Å². The Morgan fingerprint density at radius 1 is 1.44 bits per heavy atom. The Hall–Kier alpha value is -1.92. The zero-order valence-corrected chi connectivity index (χ0v) is 9.58. The fraction of sp³-hybridized carbons (Fsp3) is 0.364. The van der Waals surface area contributed by atoms with Gasteiger partial charge in [-0.25, -0.2) is 4.39 Å². The monoisotopic (exact) mass is 263 g/mol. The largest absolute Gasteiger partial charge is 0.466 e. The van der Waals surface area contributed by atoms with Crippen molar-refractivity contribution in [1.82, 2.24) is 0 Å². The number of anilines is 1. The van der Waals surface area contributed by atoms with E-state index in [0.717, 1.165) is 12.1 Å². The van der Waals surface area contributed by atoms with E-state index < -0.39 is 30.6 Å². The van der Waals surface area contributed by atoms with Gasteiger partial charge in [-0.1, -0.05) is 0 Å². The maximum atomic E-state index is 13.1. The van der Waals surface area contributed by atoms with Crippen LogP contribution in [-0.4, -0.2) is 19.2 Å². The van der Waals surface area contributed by atoms with Gasteiger partial charge >= 0.3 is 12.6 Å². The van der Waals surface area contributed by atoms with Gasteiger partial charge < -0.3 is 15.2 Å². The smallest absolute Gasteiger partial charge is 0.387 e. The van der Waals surface area contributed by atoms with Gasteiger partial charge in [-0.05, 0) is 13.0 Å². The summed E-state index contributed by atoms with van der Waals surface area (Å²) in [4.78, 5) is 11.2. The summed E-state index contributed by atoms with van der Waals surface area (Å²) >= 11 is 0. The molecule has 7 heteroatoms. The Bertz CT molecular complexity index is 438. The maximum absolute atomic E-state index is 13.1. The molecule has 18 heavy (non-hydrogen) atoms. The molecule has 2 N–H and O–H groups in total. The van der Waals surface area contributed by atoms with E-state index >= 15 is 0 Å². The Kier molecular flexibility index (Phi) is 4.82. The molecule has 0 unspecified atom stereocenters. The molecule has 0 aliphatic heterocycles. The van der Waals surface area contributed by atoms with Crippen molar-refractivity contribution in [1.29, 1.82) is 0 Å². The number of nitrogen functional groups attached to an aromatic ring is 1. The van der Waals surface area contributed by atoms with Crippen LogP contribution in [0.4, 0.5) is 18.9 Å². The lowest BCUT2D eigenvalue weighted by Crippen LogP contribution is -2.12. The second kappa shape index (κ2) is 6.13. The third kappa shape index (κ3) is 3.83. The molecule has 0 spiro atoms. The number of esters is 1. The van der Waals surface area contributed by atoms with Crippen molar-refractivity contribution in [2.75, 3.05) is 12.3 Å². The minimum absolute atomic E-state index is 0.0775. The molecule has 0 heterocycles. The van der Waals surface area contributed by atoms with Crippen LogP contribution < -0.4 is 10.5 Å². The average molecular weight is 263 g/mol. The fourth-order valence-corrected chi connectivity index (χ4v) is 1.40. The second-order valence-electron chi connectivity index (χ2n) is 3.34. The molecule has 0 saturated carbocycles. The molecular formula is C11H12F3NO3. The highest BCUT2D eigenvalue weighted by Crippen LogP contribution is 2.30. The minimum Gasteiger partial charge on any atom is -0.466 e. The molecule has 4 nitrogen and oxygen atoms in total. The summed E-state index contributed by atoms with van der Waals surface area (Å²) in [5.74, 6) is -1.82. The Balaban J connectivity index is 3.03. The molecule has 1 aromatic carbocycles. The van der Waals surface area contributed by atoms with Gasteiger partial charge in [-0.2, -0.15) is 8.78 Å². The van der Waals surface area contributed by atoms with E-state index in [4.69, 9.17) is 5.73 Å². The zero-order valence-electron chi connectivity index (χ0n) is 9.58. The predicted octanol–water partition coefficient (Wildman–Crippen LogP) is 2.11. The number of nitrogens with two attached hydrogens (primary N) is 1. The van der Waals surface area contributed by atoms with E-state index in [0.29, 0.717) is 0 Å². The molecule has 1 aromatic rings. The maximum Gasteiger partial charge on any atom is 0.387 e. The first-order valence-electron chi connectivity index (χ1n) is 5.12. The van der Waals surface area contributed by atoms with E-state index in [9.17, 15) is 18.0 Å². The van der Waals surface area contributed by atoms with Gasteiger partial charge in [0.1, 0.15) is 5.82 Å². The van der Waals surface area contributed by atoms with Crippen LogP contribution in [0.15, 0.2) is 12.1 Å². The molecule has 0 saturated heterocycles. The first-order chi connectivity index (χ1) is 8.43. The van der Waals surface area contributed by atoms with Crippen LogP contribution in [-0.2, 0) is 16.0 Å². The molecule has 0 radical (unpaired) electrons.